The maximum absolute atomic E-state index is 6.09. The molecule has 1 aromatic carbocycles. The average Bonchev–Trinajstić information content (AvgIpc) is 3.14. The molecule has 0 radical (unpaired) electrons. The van der Waals surface area contributed by atoms with Gasteiger partial charge in [0.2, 0.25) is 5.88 Å². The fourth-order valence-corrected chi connectivity index (χ4v) is 3.13. The molecule has 126 valence electrons. The summed E-state index contributed by atoms with van der Waals surface area (Å²) in [6, 6.07) is 7.11. The van der Waals surface area contributed by atoms with Gasteiger partial charge in [-0.25, -0.2) is 4.68 Å². The van der Waals surface area contributed by atoms with E-state index in [1.165, 1.54) is 0 Å². The molecule has 3 aromatic rings. The molecule has 1 N–H and O–H groups in total. The highest BCUT2D eigenvalue weighted by atomic mass is 35.5. The van der Waals surface area contributed by atoms with Crippen LogP contribution in [0.15, 0.2) is 30.5 Å². The van der Waals surface area contributed by atoms with Crippen LogP contribution in [-0.4, -0.2) is 20.0 Å². The van der Waals surface area contributed by atoms with Crippen LogP contribution in [0.1, 0.15) is 30.8 Å². The van der Waals surface area contributed by atoms with Crippen molar-refractivity contribution in [3.05, 3.63) is 57.5 Å². The van der Waals surface area contributed by atoms with Crippen molar-refractivity contribution in [3.63, 3.8) is 0 Å². The molecule has 0 bridgehead atoms. The van der Waals surface area contributed by atoms with Gasteiger partial charge in [-0.3, -0.25) is 5.10 Å². The van der Waals surface area contributed by atoms with E-state index in [1.807, 2.05) is 17.7 Å². The third kappa shape index (κ3) is 3.57. The normalized spacial score (nSPS) is 11.0. The smallest absolute Gasteiger partial charge is 0.221 e. The Labute approximate surface area is 150 Å². The SMILES string of the molecule is CCc1c(Cc2ccn[nH]2)nn(CC)c1Oc1cc(Cl)cc(Cl)c1. The van der Waals surface area contributed by atoms with Crippen LogP contribution in [-0.2, 0) is 19.4 Å². The molecule has 2 heterocycles. The van der Waals surface area contributed by atoms with Crippen LogP contribution < -0.4 is 4.74 Å². The zero-order chi connectivity index (χ0) is 17.1. The fourth-order valence-electron chi connectivity index (χ4n) is 2.62. The van der Waals surface area contributed by atoms with Crippen LogP contribution in [0.5, 0.6) is 11.6 Å². The lowest BCUT2D eigenvalue weighted by molar-refractivity contribution is 0.412. The van der Waals surface area contributed by atoms with Gasteiger partial charge in [-0.2, -0.15) is 10.2 Å². The molecule has 0 saturated heterocycles. The Kier molecular flexibility index (Phi) is 5.11. The summed E-state index contributed by atoms with van der Waals surface area (Å²) in [6.07, 6.45) is 3.24. The molecule has 5 nitrogen and oxygen atoms in total. The van der Waals surface area contributed by atoms with Crippen molar-refractivity contribution >= 4 is 23.2 Å². The van der Waals surface area contributed by atoms with Crippen LogP contribution in [0.2, 0.25) is 10.0 Å². The molecule has 0 aliphatic carbocycles. The molecule has 0 atom stereocenters. The van der Waals surface area contributed by atoms with Crippen LogP contribution in [0.4, 0.5) is 0 Å². The number of benzene rings is 1. The van der Waals surface area contributed by atoms with Crippen molar-refractivity contribution in [1.82, 2.24) is 20.0 Å². The first-order valence-corrected chi connectivity index (χ1v) is 8.57. The number of nitrogens with one attached hydrogen (secondary N) is 1. The summed E-state index contributed by atoms with van der Waals surface area (Å²) in [4.78, 5) is 0. The highest BCUT2D eigenvalue weighted by Gasteiger charge is 2.19. The minimum Gasteiger partial charge on any atom is -0.439 e. The topological polar surface area (TPSA) is 55.7 Å². The molecule has 0 aliphatic heterocycles. The van der Waals surface area contributed by atoms with Crippen LogP contribution in [0.25, 0.3) is 0 Å². The average molecular weight is 365 g/mol. The van der Waals surface area contributed by atoms with Gasteiger partial charge in [0.1, 0.15) is 5.75 Å². The predicted molar refractivity (Wildman–Crippen MR) is 95.2 cm³/mol. The third-order valence-corrected chi connectivity index (χ3v) is 4.14. The summed E-state index contributed by atoms with van der Waals surface area (Å²) < 4.78 is 7.95. The highest BCUT2D eigenvalue weighted by Crippen LogP contribution is 2.32. The second kappa shape index (κ2) is 7.28. The largest absolute Gasteiger partial charge is 0.439 e. The lowest BCUT2D eigenvalue weighted by Crippen LogP contribution is -2.01. The number of H-pyrrole nitrogens is 1. The van der Waals surface area contributed by atoms with E-state index in [2.05, 4.69) is 17.1 Å². The zero-order valence-corrected chi connectivity index (χ0v) is 15.0. The van der Waals surface area contributed by atoms with Crippen molar-refractivity contribution < 1.29 is 4.74 Å². The van der Waals surface area contributed by atoms with Crippen molar-refractivity contribution in [2.75, 3.05) is 0 Å². The molecular weight excluding hydrogens is 347 g/mol. The van der Waals surface area contributed by atoms with E-state index in [0.717, 1.165) is 29.3 Å². The second-order valence-electron chi connectivity index (χ2n) is 5.37. The van der Waals surface area contributed by atoms with Gasteiger partial charge in [-0.1, -0.05) is 30.1 Å². The minimum atomic E-state index is 0.538. The summed E-state index contributed by atoms with van der Waals surface area (Å²) in [5.41, 5.74) is 3.07. The number of hydrogen-bond donors (Lipinski definition) is 1. The van der Waals surface area contributed by atoms with Gasteiger partial charge >= 0.3 is 0 Å². The van der Waals surface area contributed by atoms with Crippen molar-refractivity contribution in [2.45, 2.75) is 33.2 Å². The van der Waals surface area contributed by atoms with Crippen LogP contribution in [0, 0.1) is 0 Å². The quantitative estimate of drug-likeness (QED) is 0.677. The molecule has 0 spiro atoms. The van der Waals surface area contributed by atoms with Crippen molar-refractivity contribution in [3.8, 4) is 11.6 Å². The highest BCUT2D eigenvalue weighted by molar-refractivity contribution is 6.34. The Hall–Kier alpha value is -1.98. The summed E-state index contributed by atoms with van der Waals surface area (Å²) >= 11 is 12.1. The molecule has 24 heavy (non-hydrogen) atoms. The zero-order valence-electron chi connectivity index (χ0n) is 13.5. The lowest BCUT2D eigenvalue weighted by Gasteiger charge is -2.10. The summed E-state index contributed by atoms with van der Waals surface area (Å²) in [6.45, 7) is 4.83. The van der Waals surface area contributed by atoms with Crippen LogP contribution >= 0.6 is 23.2 Å². The maximum Gasteiger partial charge on any atom is 0.221 e. The van der Waals surface area contributed by atoms with E-state index in [1.54, 1.807) is 24.4 Å². The predicted octanol–water partition coefficient (Wildman–Crippen LogP) is 4.88. The number of ether oxygens (including phenoxy) is 1. The van der Waals surface area contributed by atoms with E-state index in [-0.39, 0.29) is 0 Å². The minimum absolute atomic E-state index is 0.538. The molecule has 0 fully saturated rings. The Morgan fingerprint density at radius 3 is 2.50 bits per heavy atom. The molecule has 0 aliphatic rings. The first-order chi connectivity index (χ1) is 11.6. The number of aromatic nitrogens is 4. The molecular formula is C17H18Cl2N4O. The van der Waals surface area contributed by atoms with E-state index in [9.17, 15) is 0 Å². The summed E-state index contributed by atoms with van der Waals surface area (Å²) in [5.74, 6) is 1.33. The van der Waals surface area contributed by atoms with Gasteiger partial charge in [0.25, 0.3) is 0 Å². The summed E-state index contributed by atoms with van der Waals surface area (Å²) in [5, 5.41) is 12.7. The number of halogens is 2. The van der Waals surface area contributed by atoms with Gasteiger partial charge in [0.15, 0.2) is 0 Å². The molecule has 0 saturated carbocycles. The fraction of sp³-hybridized carbons (Fsp3) is 0.294. The number of rotatable bonds is 6. The maximum atomic E-state index is 6.09. The number of nitrogens with zero attached hydrogens (tertiary/aromatic N) is 3. The van der Waals surface area contributed by atoms with E-state index < -0.39 is 0 Å². The molecule has 0 unspecified atom stereocenters. The van der Waals surface area contributed by atoms with E-state index >= 15 is 0 Å². The molecule has 7 heteroatoms. The number of hydrogen-bond acceptors (Lipinski definition) is 3. The van der Waals surface area contributed by atoms with Crippen molar-refractivity contribution in [2.24, 2.45) is 0 Å². The first kappa shape index (κ1) is 16.9. The Morgan fingerprint density at radius 2 is 1.92 bits per heavy atom. The number of aromatic amines is 1. The van der Waals surface area contributed by atoms with Gasteiger partial charge in [-0.05, 0) is 37.6 Å². The van der Waals surface area contributed by atoms with Crippen molar-refractivity contribution in [1.29, 1.82) is 0 Å². The first-order valence-electron chi connectivity index (χ1n) is 7.81. The van der Waals surface area contributed by atoms with Gasteiger partial charge in [0, 0.05) is 40.5 Å². The summed E-state index contributed by atoms with van der Waals surface area (Å²) in [7, 11) is 0. The standard InChI is InChI=1S/C17H18Cl2N4O/c1-3-15-16(10-13-5-6-20-21-13)22-23(4-2)17(15)24-14-8-11(18)7-12(19)9-14/h5-9H,3-4,10H2,1-2H3,(H,20,21). The molecule has 0 amide bonds. The number of aryl methyl sites for hydroxylation is 1. The van der Waals surface area contributed by atoms with E-state index in [4.69, 9.17) is 33.0 Å². The molecule has 2 aromatic heterocycles. The van der Waals surface area contributed by atoms with E-state index in [0.29, 0.717) is 28.8 Å². The lowest BCUT2D eigenvalue weighted by atomic mass is 10.1. The van der Waals surface area contributed by atoms with Gasteiger partial charge in [0.05, 0.1) is 5.69 Å². The Morgan fingerprint density at radius 1 is 1.17 bits per heavy atom. The Balaban J connectivity index is 1.97. The van der Waals surface area contributed by atoms with Gasteiger partial charge < -0.3 is 4.74 Å². The Bertz CT molecular complexity index is 807. The monoisotopic (exact) mass is 364 g/mol. The third-order valence-electron chi connectivity index (χ3n) is 3.70. The molecule has 3 rings (SSSR count). The van der Waals surface area contributed by atoms with Gasteiger partial charge in [-0.15, -0.1) is 0 Å². The second-order valence-corrected chi connectivity index (χ2v) is 6.24. The van der Waals surface area contributed by atoms with Crippen LogP contribution in [0.3, 0.4) is 0 Å².